The maximum Gasteiger partial charge on any atom is 0.261 e. The fraction of sp³-hybridized carbons (Fsp3) is 0.522. The molecule has 0 aliphatic carbocycles. The second-order valence-corrected chi connectivity index (χ2v) is 10.9. The topological polar surface area (TPSA) is 53.6 Å². The van der Waals surface area contributed by atoms with E-state index in [0.29, 0.717) is 18.6 Å². The van der Waals surface area contributed by atoms with Crippen molar-refractivity contribution < 1.29 is 9.53 Å². The van der Waals surface area contributed by atoms with Crippen LogP contribution in [-0.2, 0) is 4.74 Å². The standard InChI is InChI=1S/C23H29N3O2S2/c1-15-22(16-8-11-26(15)12-9-16)25-23(27)20-6-7-21(30-20)29-19-5-3-2-4-17(19)18-14-28-13-10-24-18/h2-7,15-16,18,22,24H,8-14H2,1H3,(H,25,27)/t15-,18?,22-/m0/s1. The Labute approximate surface area is 186 Å². The molecule has 1 aromatic carbocycles. The Bertz CT molecular complexity index is 886. The van der Waals surface area contributed by atoms with E-state index in [-0.39, 0.29) is 18.0 Å². The number of amides is 1. The smallest absolute Gasteiger partial charge is 0.261 e. The van der Waals surface area contributed by atoms with E-state index in [1.165, 1.54) is 36.4 Å². The number of nitrogens with zero attached hydrogens (tertiary/aromatic N) is 1. The SMILES string of the molecule is C[C@H]1[C@H](NC(=O)c2ccc(Sc3ccccc3C3COCCN3)s2)C2CCN1CC2. The van der Waals surface area contributed by atoms with E-state index in [4.69, 9.17) is 4.74 Å². The Hall–Kier alpha value is -1.38. The molecule has 1 unspecified atom stereocenters. The van der Waals surface area contributed by atoms with E-state index in [1.807, 2.05) is 6.07 Å². The molecule has 4 saturated heterocycles. The summed E-state index contributed by atoms with van der Waals surface area (Å²) in [7, 11) is 0. The number of thiophene rings is 1. The number of fused-ring (bicyclic) bond motifs is 3. The lowest BCUT2D eigenvalue weighted by molar-refractivity contribution is 0.0218. The zero-order valence-electron chi connectivity index (χ0n) is 17.3. The van der Waals surface area contributed by atoms with Crippen molar-refractivity contribution in [3.63, 3.8) is 0 Å². The molecule has 4 fully saturated rings. The minimum absolute atomic E-state index is 0.0769. The molecule has 160 valence electrons. The number of hydrogen-bond acceptors (Lipinski definition) is 6. The van der Waals surface area contributed by atoms with Gasteiger partial charge in [-0.3, -0.25) is 9.69 Å². The summed E-state index contributed by atoms with van der Waals surface area (Å²) in [5, 5.41) is 6.90. The lowest BCUT2D eigenvalue weighted by Gasteiger charge is -2.49. The van der Waals surface area contributed by atoms with E-state index in [0.717, 1.165) is 22.2 Å². The van der Waals surface area contributed by atoms with Crippen LogP contribution in [0.4, 0.5) is 0 Å². The van der Waals surface area contributed by atoms with Gasteiger partial charge in [0.05, 0.1) is 28.3 Å². The molecular formula is C23H29N3O2S2. The zero-order chi connectivity index (χ0) is 20.5. The highest BCUT2D eigenvalue weighted by atomic mass is 32.2. The lowest BCUT2D eigenvalue weighted by Crippen LogP contribution is -2.62. The van der Waals surface area contributed by atoms with Crippen molar-refractivity contribution >= 4 is 29.0 Å². The summed E-state index contributed by atoms with van der Waals surface area (Å²) in [5.74, 6) is 0.702. The van der Waals surface area contributed by atoms with Crippen molar-refractivity contribution in [2.45, 2.75) is 47.0 Å². The molecule has 4 aliphatic heterocycles. The normalized spacial score (nSPS) is 30.9. The van der Waals surface area contributed by atoms with Crippen molar-refractivity contribution in [3.8, 4) is 0 Å². The monoisotopic (exact) mass is 443 g/mol. The van der Waals surface area contributed by atoms with Crippen molar-refractivity contribution in [2.24, 2.45) is 5.92 Å². The minimum atomic E-state index is 0.0769. The highest BCUT2D eigenvalue weighted by molar-refractivity contribution is 8.01. The van der Waals surface area contributed by atoms with E-state index >= 15 is 0 Å². The Morgan fingerprint density at radius 1 is 1.23 bits per heavy atom. The van der Waals surface area contributed by atoms with Gasteiger partial charge < -0.3 is 15.4 Å². The molecule has 0 saturated carbocycles. The summed E-state index contributed by atoms with van der Waals surface area (Å²) in [5.41, 5.74) is 1.27. The number of morpholine rings is 1. The molecule has 1 amide bonds. The molecule has 0 radical (unpaired) electrons. The maximum atomic E-state index is 13.0. The molecule has 2 bridgehead atoms. The summed E-state index contributed by atoms with van der Waals surface area (Å²) in [6.45, 7) is 6.97. The van der Waals surface area contributed by atoms with E-state index in [9.17, 15) is 4.79 Å². The predicted molar refractivity (Wildman–Crippen MR) is 121 cm³/mol. The number of ether oxygens (including phenoxy) is 1. The van der Waals surface area contributed by atoms with Gasteiger partial charge >= 0.3 is 0 Å². The lowest BCUT2D eigenvalue weighted by atomic mass is 9.79. The van der Waals surface area contributed by atoms with Gasteiger partial charge in [-0.15, -0.1) is 11.3 Å². The average molecular weight is 444 g/mol. The molecule has 6 rings (SSSR count). The van der Waals surface area contributed by atoms with E-state index in [2.05, 4.69) is 52.8 Å². The second-order valence-electron chi connectivity index (χ2n) is 8.45. The van der Waals surface area contributed by atoms with Gasteiger partial charge in [0.25, 0.3) is 5.91 Å². The molecule has 7 heteroatoms. The van der Waals surface area contributed by atoms with Crippen LogP contribution in [0.5, 0.6) is 0 Å². The van der Waals surface area contributed by atoms with Crippen LogP contribution in [-0.4, -0.2) is 55.7 Å². The third kappa shape index (κ3) is 4.18. The first-order valence-electron chi connectivity index (χ1n) is 10.9. The third-order valence-electron chi connectivity index (χ3n) is 6.71. The Balaban J connectivity index is 1.27. The number of rotatable bonds is 5. The van der Waals surface area contributed by atoms with Gasteiger partial charge in [-0.25, -0.2) is 0 Å². The number of piperidine rings is 3. The van der Waals surface area contributed by atoms with Crippen LogP contribution < -0.4 is 10.6 Å². The predicted octanol–water partition coefficient (Wildman–Crippen LogP) is 3.77. The molecule has 5 nitrogen and oxygen atoms in total. The largest absolute Gasteiger partial charge is 0.378 e. The van der Waals surface area contributed by atoms with E-state index in [1.54, 1.807) is 23.1 Å². The van der Waals surface area contributed by atoms with Crippen molar-refractivity contribution in [1.82, 2.24) is 15.5 Å². The van der Waals surface area contributed by atoms with Gasteiger partial charge in [-0.05, 0) is 62.5 Å². The van der Waals surface area contributed by atoms with E-state index < -0.39 is 0 Å². The van der Waals surface area contributed by atoms with Crippen molar-refractivity contribution in [3.05, 3.63) is 46.8 Å². The van der Waals surface area contributed by atoms with Crippen molar-refractivity contribution in [2.75, 3.05) is 32.8 Å². The zero-order valence-corrected chi connectivity index (χ0v) is 18.9. The number of carbonyl (C=O) groups excluding carboxylic acids is 1. The molecular weight excluding hydrogens is 414 g/mol. The molecule has 30 heavy (non-hydrogen) atoms. The number of carbonyl (C=O) groups is 1. The highest BCUT2D eigenvalue weighted by Gasteiger charge is 2.40. The van der Waals surface area contributed by atoms with Crippen LogP contribution in [0.2, 0.25) is 0 Å². The van der Waals surface area contributed by atoms with Crippen LogP contribution in [0.15, 0.2) is 45.5 Å². The summed E-state index contributed by atoms with van der Waals surface area (Å²) in [6.07, 6.45) is 2.41. The van der Waals surface area contributed by atoms with Crippen LogP contribution >= 0.6 is 23.1 Å². The van der Waals surface area contributed by atoms with Gasteiger partial charge in [0.2, 0.25) is 0 Å². The fourth-order valence-corrected chi connectivity index (χ4v) is 7.17. The highest BCUT2D eigenvalue weighted by Crippen LogP contribution is 2.38. The quantitative estimate of drug-likeness (QED) is 0.737. The van der Waals surface area contributed by atoms with Crippen LogP contribution in [0, 0.1) is 5.92 Å². The summed E-state index contributed by atoms with van der Waals surface area (Å²) < 4.78 is 6.80. The minimum Gasteiger partial charge on any atom is -0.378 e. The average Bonchev–Trinajstić information content (AvgIpc) is 3.26. The van der Waals surface area contributed by atoms with Gasteiger partial charge in [-0.1, -0.05) is 30.0 Å². The Morgan fingerprint density at radius 3 is 2.83 bits per heavy atom. The second kappa shape index (κ2) is 9.01. The third-order valence-corrected chi connectivity index (χ3v) is 9.01. The van der Waals surface area contributed by atoms with Gasteiger partial charge in [-0.2, -0.15) is 0 Å². The first-order chi connectivity index (χ1) is 14.7. The molecule has 2 N–H and O–H groups in total. The number of hydrogen-bond donors (Lipinski definition) is 2. The summed E-state index contributed by atoms with van der Waals surface area (Å²) in [4.78, 5) is 17.5. The molecule has 1 aromatic heterocycles. The fourth-order valence-electron chi connectivity index (χ4n) is 5.00. The van der Waals surface area contributed by atoms with Gasteiger partial charge in [0.15, 0.2) is 0 Å². The number of nitrogens with one attached hydrogen (secondary N) is 2. The van der Waals surface area contributed by atoms with Gasteiger partial charge in [0, 0.05) is 23.5 Å². The molecule has 2 aromatic rings. The Kier molecular flexibility index (Phi) is 6.16. The summed E-state index contributed by atoms with van der Waals surface area (Å²) >= 11 is 3.33. The first-order valence-corrected chi connectivity index (χ1v) is 12.5. The molecule has 3 atom stereocenters. The first kappa shape index (κ1) is 20.5. The molecule has 0 spiro atoms. The van der Waals surface area contributed by atoms with Gasteiger partial charge in [0.1, 0.15) is 0 Å². The molecule has 5 heterocycles. The molecule has 4 aliphatic rings. The maximum absolute atomic E-state index is 13.0. The van der Waals surface area contributed by atoms with Crippen LogP contribution in [0.3, 0.4) is 0 Å². The summed E-state index contributed by atoms with van der Waals surface area (Å²) in [6, 6.07) is 13.5. The number of benzene rings is 1. The van der Waals surface area contributed by atoms with Crippen molar-refractivity contribution in [1.29, 1.82) is 0 Å². The van der Waals surface area contributed by atoms with Crippen LogP contribution in [0.1, 0.15) is 41.0 Å². The Morgan fingerprint density at radius 2 is 2.07 bits per heavy atom. The van der Waals surface area contributed by atoms with Crippen LogP contribution in [0.25, 0.3) is 0 Å².